The molecule has 0 aliphatic carbocycles. The molecule has 2 aromatic carbocycles. The van der Waals surface area contributed by atoms with Crippen LogP contribution in [0.5, 0.6) is 5.75 Å². The number of ether oxygens (including phenoxy) is 1. The first kappa shape index (κ1) is 14.0. The number of hydrogen-bond donors (Lipinski definition) is 1. The zero-order valence-corrected chi connectivity index (χ0v) is 12.3. The van der Waals surface area contributed by atoms with E-state index in [1.807, 2.05) is 30.3 Å². The lowest BCUT2D eigenvalue weighted by molar-refractivity contribution is 0.168. The third kappa shape index (κ3) is 3.03. The van der Waals surface area contributed by atoms with E-state index in [0.29, 0.717) is 0 Å². The Morgan fingerprint density at radius 2 is 2.05 bits per heavy atom. The summed E-state index contributed by atoms with van der Waals surface area (Å²) in [5, 5.41) is 10.3. The maximum Gasteiger partial charge on any atom is 0.119 e. The fourth-order valence-electron chi connectivity index (χ4n) is 2.96. The zero-order chi connectivity index (χ0) is 14.7. The van der Waals surface area contributed by atoms with Crippen molar-refractivity contribution in [3.05, 3.63) is 59.7 Å². The molecule has 2 aromatic rings. The fourth-order valence-corrected chi connectivity index (χ4v) is 2.96. The third-order valence-corrected chi connectivity index (χ3v) is 4.05. The number of methoxy groups -OCH3 is 1. The first-order valence-electron chi connectivity index (χ1n) is 7.43. The number of rotatable bonds is 3. The summed E-state index contributed by atoms with van der Waals surface area (Å²) in [6.07, 6.45) is 1.47. The van der Waals surface area contributed by atoms with Crippen LogP contribution in [0.4, 0.5) is 5.69 Å². The van der Waals surface area contributed by atoms with E-state index < -0.39 is 0 Å². The smallest absolute Gasteiger partial charge is 0.119 e. The van der Waals surface area contributed by atoms with E-state index in [1.54, 1.807) is 7.11 Å². The maximum atomic E-state index is 10.3. The molecule has 0 radical (unpaired) electrons. The predicted octanol–water partition coefficient (Wildman–Crippen LogP) is 3.53. The quantitative estimate of drug-likeness (QED) is 0.935. The van der Waals surface area contributed by atoms with Gasteiger partial charge in [0.25, 0.3) is 0 Å². The molecule has 0 fully saturated rings. The Labute approximate surface area is 125 Å². The zero-order valence-electron chi connectivity index (χ0n) is 12.3. The Bertz CT molecular complexity index is 612. The molecule has 0 bridgehead atoms. The SMILES string of the molecule is COc1cccc(CN2CCCC(O)c3ccccc32)c1. The highest BCUT2D eigenvalue weighted by Crippen LogP contribution is 2.33. The lowest BCUT2D eigenvalue weighted by atomic mass is 10.0. The molecule has 1 heterocycles. The van der Waals surface area contributed by atoms with Crippen LogP contribution in [-0.2, 0) is 6.54 Å². The van der Waals surface area contributed by atoms with Gasteiger partial charge in [-0.25, -0.2) is 0 Å². The summed E-state index contributed by atoms with van der Waals surface area (Å²) >= 11 is 0. The van der Waals surface area contributed by atoms with E-state index in [0.717, 1.165) is 42.9 Å². The summed E-state index contributed by atoms with van der Waals surface area (Å²) in [6.45, 7) is 1.80. The minimum absolute atomic E-state index is 0.350. The number of benzene rings is 2. The molecule has 1 aliphatic rings. The first-order chi connectivity index (χ1) is 10.3. The third-order valence-electron chi connectivity index (χ3n) is 4.05. The van der Waals surface area contributed by atoms with Crippen molar-refractivity contribution in [1.29, 1.82) is 0 Å². The molecule has 0 spiro atoms. The van der Waals surface area contributed by atoms with Gasteiger partial charge >= 0.3 is 0 Å². The van der Waals surface area contributed by atoms with Gasteiger partial charge in [0.2, 0.25) is 0 Å². The van der Waals surface area contributed by atoms with Gasteiger partial charge in [-0.3, -0.25) is 0 Å². The summed E-state index contributed by atoms with van der Waals surface area (Å²) in [7, 11) is 1.69. The van der Waals surface area contributed by atoms with E-state index in [9.17, 15) is 5.11 Å². The monoisotopic (exact) mass is 283 g/mol. The van der Waals surface area contributed by atoms with Gasteiger partial charge < -0.3 is 14.7 Å². The number of hydrogen-bond acceptors (Lipinski definition) is 3. The van der Waals surface area contributed by atoms with Crippen LogP contribution < -0.4 is 9.64 Å². The Kier molecular flexibility index (Phi) is 4.11. The molecule has 0 saturated carbocycles. The van der Waals surface area contributed by atoms with Crippen molar-refractivity contribution in [3.8, 4) is 5.75 Å². The molecule has 0 amide bonds. The highest BCUT2D eigenvalue weighted by molar-refractivity contribution is 5.55. The van der Waals surface area contributed by atoms with Crippen molar-refractivity contribution in [2.45, 2.75) is 25.5 Å². The molecule has 1 unspecified atom stereocenters. The molecule has 1 N–H and O–H groups in total. The average Bonchev–Trinajstić information content (AvgIpc) is 2.68. The highest BCUT2D eigenvalue weighted by atomic mass is 16.5. The van der Waals surface area contributed by atoms with Crippen LogP contribution in [0.25, 0.3) is 0 Å². The van der Waals surface area contributed by atoms with Crippen molar-refractivity contribution in [2.24, 2.45) is 0 Å². The number of para-hydroxylation sites is 1. The number of aliphatic hydroxyl groups excluding tert-OH is 1. The second-order valence-corrected chi connectivity index (χ2v) is 5.49. The van der Waals surface area contributed by atoms with Gasteiger partial charge in [-0.15, -0.1) is 0 Å². The summed E-state index contributed by atoms with van der Waals surface area (Å²) in [4.78, 5) is 2.35. The molecule has 3 rings (SSSR count). The number of anilines is 1. The average molecular weight is 283 g/mol. The standard InChI is InChI=1S/C18H21NO2/c1-21-15-7-4-6-14(12-15)13-19-11-5-10-18(20)16-8-2-3-9-17(16)19/h2-4,6-9,12,18,20H,5,10-11,13H2,1H3. The number of aliphatic hydroxyl groups is 1. The van der Waals surface area contributed by atoms with Gasteiger partial charge in [-0.2, -0.15) is 0 Å². The molecule has 0 saturated heterocycles. The summed E-state index contributed by atoms with van der Waals surface area (Å²) in [6, 6.07) is 16.3. The highest BCUT2D eigenvalue weighted by Gasteiger charge is 2.20. The minimum Gasteiger partial charge on any atom is -0.497 e. The second kappa shape index (κ2) is 6.19. The Balaban J connectivity index is 1.89. The van der Waals surface area contributed by atoms with Crippen LogP contribution in [0.15, 0.2) is 48.5 Å². The van der Waals surface area contributed by atoms with Crippen LogP contribution in [0.3, 0.4) is 0 Å². The van der Waals surface area contributed by atoms with Crippen LogP contribution in [0.2, 0.25) is 0 Å². The molecular weight excluding hydrogens is 262 g/mol. The minimum atomic E-state index is -0.350. The van der Waals surface area contributed by atoms with Gasteiger partial charge in [0.1, 0.15) is 5.75 Å². The van der Waals surface area contributed by atoms with Crippen molar-refractivity contribution in [2.75, 3.05) is 18.6 Å². The van der Waals surface area contributed by atoms with E-state index in [4.69, 9.17) is 4.74 Å². The molecule has 110 valence electrons. The number of fused-ring (bicyclic) bond motifs is 1. The summed E-state index contributed by atoms with van der Waals surface area (Å²) in [5.74, 6) is 0.885. The molecule has 3 nitrogen and oxygen atoms in total. The van der Waals surface area contributed by atoms with Gasteiger partial charge in [0.15, 0.2) is 0 Å². The Morgan fingerprint density at radius 3 is 2.90 bits per heavy atom. The lowest BCUT2D eigenvalue weighted by Crippen LogP contribution is -2.23. The maximum absolute atomic E-state index is 10.3. The largest absolute Gasteiger partial charge is 0.497 e. The number of nitrogens with zero attached hydrogens (tertiary/aromatic N) is 1. The van der Waals surface area contributed by atoms with Crippen molar-refractivity contribution >= 4 is 5.69 Å². The molecular formula is C18H21NO2. The van der Waals surface area contributed by atoms with Crippen LogP contribution in [0.1, 0.15) is 30.1 Å². The fraction of sp³-hybridized carbons (Fsp3) is 0.333. The van der Waals surface area contributed by atoms with Crippen LogP contribution in [-0.4, -0.2) is 18.8 Å². The van der Waals surface area contributed by atoms with E-state index in [1.165, 1.54) is 5.56 Å². The van der Waals surface area contributed by atoms with Crippen molar-refractivity contribution in [3.63, 3.8) is 0 Å². The topological polar surface area (TPSA) is 32.7 Å². The normalized spacial score (nSPS) is 18.0. The molecule has 0 aromatic heterocycles. The Morgan fingerprint density at radius 1 is 1.19 bits per heavy atom. The van der Waals surface area contributed by atoms with Gasteiger partial charge in [0.05, 0.1) is 13.2 Å². The van der Waals surface area contributed by atoms with Crippen LogP contribution >= 0.6 is 0 Å². The summed E-state index contributed by atoms with van der Waals surface area (Å²) in [5.41, 5.74) is 3.41. The van der Waals surface area contributed by atoms with Crippen molar-refractivity contribution in [1.82, 2.24) is 0 Å². The molecule has 1 atom stereocenters. The summed E-state index contributed by atoms with van der Waals surface area (Å²) < 4.78 is 5.30. The predicted molar refractivity (Wildman–Crippen MR) is 84.7 cm³/mol. The van der Waals surface area contributed by atoms with Gasteiger partial charge in [-0.1, -0.05) is 30.3 Å². The first-order valence-corrected chi connectivity index (χ1v) is 7.43. The second-order valence-electron chi connectivity index (χ2n) is 5.49. The van der Waals surface area contributed by atoms with Gasteiger partial charge in [-0.05, 0) is 36.6 Å². The van der Waals surface area contributed by atoms with E-state index in [2.05, 4.69) is 23.1 Å². The van der Waals surface area contributed by atoms with E-state index >= 15 is 0 Å². The van der Waals surface area contributed by atoms with Crippen molar-refractivity contribution < 1.29 is 9.84 Å². The van der Waals surface area contributed by atoms with E-state index in [-0.39, 0.29) is 6.10 Å². The molecule has 1 aliphatic heterocycles. The van der Waals surface area contributed by atoms with Gasteiger partial charge in [0, 0.05) is 24.3 Å². The lowest BCUT2D eigenvalue weighted by Gasteiger charge is -2.25. The van der Waals surface area contributed by atoms with Crippen LogP contribution in [0, 0.1) is 0 Å². The Hall–Kier alpha value is -2.00. The molecule has 3 heteroatoms. The molecule has 21 heavy (non-hydrogen) atoms.